The fourth-order valence-corrected chi connectivity index (χ4v) is 8.36. The van der Waals surface area contributed by atoms with E-state index in [0.29, 0.717) is 19.3 Å². The van der Waals surface area contributed by atoms with Gasteiger partial charge in [-0.25, -0.2) is 0 Å². The molecule has 0 N–H and O–H groups in total. The molecule has 404 valence electrons. The molecule has 6 heteroatoms. The lowest BCUT2D eigenvalue weighted by Gasteiger charge is -2.18. The Morgan fingerprint density at radius 1 is 0.286 bits per heavy atom. The maximum atomic E-state index is 12.9. The third-order valence-electron chi connectivity index (χ3n) is 12.9. The molecule has 0 aliphatic heterocycles. The van der Waals surface area contributed by atoms with Gasteiger partial charge in [-0.15, -0.1) is 0 Å². The van der Waals surface area contributed by atoms with Gasteiger partial charge in [0, 0.05) is 19.3 Å². The minimum atomic E-state index is -0.790. The molecule has 0 amide bonds. The monoisotopic (exact) mass is 977 g/mol. The highest BCUT2D eigenvalue weighted by molar-refractivity contribution is 5.71. The van der Waals surface area contributed by atoms with E-state index in [2.05, 4.69) is 93.7 Å². The largest absolute Gasteiger partial charge is 0.462 e. The van der Waals surface area contributed by atoms with Crippen LogP contribution in [0.25, 0.3) is 0 Å². The summed E-state index contributed by atoms with van der Waals surface area (Å²) in [4.78, 5) is 38.2. The molecule has 0 spiro atoms. The van der Waals surface area contributed by atoms with Gasteiger partial charge in [-0.05, 0) is 116 Å². The van der Waals surface area contributed by atoms with Gasteiger partial charge in [0.1, 0.15) is 13.2 Å². The molecule has 0 heterocycles. The average Bonchev–Trinajstić information content (AvgIpc) is 3.36. The molecule has 0 aliphatic carbocycles. The Morgan fingerprint density at radius 3 is 0.843 bits per heavy atom. The summed E-state index contributed by atoms with van der Waals surface area (Å²) >= 11 is 0. The summed E-state index contributed by atoms with van der Waals surface area (Å²) in [6.45, 7) is 6.58. The molecule has 0 bridgehead atoms. The van der Waals surface area contributed by atoms with E-state index < -0.39 is 6.10 Å². The quantitative estimate of drug-likeness (QED) is 0.0261. The first-order valence-corrected chi connectivity index (χ1v) is 29.9. The molecule has 0 aromatic rings. The third kappa shape index (κ3) is 55.8. The van der Waals surface area contributed by atoms with E-state index in [1.807, 2.05) is 0 Å². The van der Waals surface area contributed by atoms with Gasteiger partial charge in [-0.1, -0.05) is 235 Å². The van der Waals surface area contributed by atoms with Crippen molar-refractivity contribution in [3.63, 3.8) is 0 Å². The van der Waals surface area contributed by atoms with E-state index in [-0.39, 0.29) is 31.1 Å². The molecule has 0 saturated heterocycles. The van der Waals surface area contributed by atoms with Crippen LogP contribution in [0, 0.1) is 0 Å². The van der Waals surface area contributed by atoms with Crippen LogP contribution >= 0.6 is 0 Å². The van der Waals surface area contributed by atoms with Gasteiger partial charge in [0.15, 0.2) is 6.10 Å². The first-order chi connectivity index (χ1) is 34.5. The van der Waals surface area contributed by atoms with Crippen LogP contribution in [0.1, 0.15) is 297 Å². The van der Waals surface area contributed by atoms with Gasteiger partial charge in [-0.2, -0.15) is 0 Å². The molecule has 1 unspecified atom stereocenters. The lowest BCUT2D eigenvalue weighted by atomic mass is 10.1. The number of carbonyl (C=O) groups excluding carboxylic acids is 3. The number of hydrogen-bond donors (Lipinski definition) is 0. The minimum Gasteiger partial charge on any atom is -0.462 e. The molecule has 70 heavy (non-hydrogen) atoms. The van der Waals surface area contributed by atoms with Crippen LogP contribution in [0.5, 0.6) is 0 Å². The first-order valence-electron chi connectivity index (χ1n) is 29.9. The molecule has 0 saturated carbocycles. The highest BCUT2D eigenvalue weighted by atomic mass is 16.6. The van der Waals surface area contributed by atoms with E-state index in [9.17, 15) is 14.4 Å². The van der Waals surface area contributed by atoms with E-state index in [0.717, 1.165) is 96.3 Å². The van der Waals surface area contributed by atoms with Crippen molar-refractivity contribution in [2.24, 2.45) is 0 Å². The summed E-state index contributed by atoms with van der Waals surface area (Å²) in [5, 5.41) is 0. The number of rotatable bonds is 54. The molecule has 0 aromatic carbocycles. The Morgan fingerprint density at radius 2 is 0.514 bits per heavy atom. The van der Waals surface area contributed by atoms with Crippen LogP contribution in [0.15, 0.2) is 72.9 Å². The smallest absolute Gasteiger partial charge is 0.306 e. The molecule has 0 fully saturated rings. The molecular weight excluding hydrogens is 865 g/mol. The number of hydrogen-bond acceptors (Lipinski definition) is 6. The standard InChI is InChI=1S/C64H112O6/c1-4-7-10-13-16-19-22-25-28-30-32-34-36-39-42-45-48-51-54-57-63(66)69-60-61(59-68-62(65)56-53-50-47-44-41-38-35-27-24-21-18-15-12-9-6-3)70-64(67)58-55-52-49-46-43-40-37-33-31-29-26-23-20-17-14-11-8-5-2/h16,18-19,21,25,27-29,31-32,34-35,61H,4-15,17,20,22-24,26,30,33,36-60H2,1-3H3/b19-16-,21-18-,28-25-,31-29-,34-32-,35-27-. The zero-order chi connectivity index (χ0) is 50.7. The second kappa shape index (κ2) is 58.4. The fraction of sp³-hybridized carbons (Fsp3) is 0.766. The summed E-state index contributed by atoms with van der Waals surface area (Å²) in [6.07, 6.45) is 74.6. The highest BCUT2D eigenvalue weighted by Gasteiger charge is 2.19. The maximum absolute atomic E-state index is 12.9. The van der Waals surface area contributed by atoms with Crippen molar-refractivity contribution >= 4 is 17.9 Å². The molecule has 1 atom stereocenters. The Hall–Kier alpha value is -3.15. The highest BCUT2D eigenvalue weighted by Crippen LogP contribution is 2.15. The Balaban J connectivity index is 4.42. The van der Waals surface area contributed by atoms with E-state index >= 15 is 0 Å². The first kappa shape index (κ1) is 66.9. The van der Waals surface area contributed by atoms with Gasteiger partial charge in [0.2, 0.25) is 0 Å². The van der Waals surface area contributed by atoms with Crippen LogP contribution < -0.4 is 0 Å². The van der Waals surface area contributed by atoms with E-state index in [4.69, 9.17) is 14.2 Å². The normalized spacial score (nSPS) is 12.6. The van der Waals surface area contributed by atoms with Crippen molar-refractivity contribution in [1.82, 2.24) is 0 Å². The van der Waals surface area contributed by atoms with Crippen molar-refractivity contribution in [2.75, 3.05) is 13.2 Å². The molecule has 6 nitrogen and oxygen atoms in total. The Kier molecular flexibility index (Phi) is 55.8. The van der Waals surface area contributed by atoms with Gasteiger partial charge in [0.25, 0.3) is 0 Å². The van der Waals surface area contributed by atoms with Crippen molar-refractivity contribution in [2.45, 2.75) is 303 Å². The predicted molar refractivity (Wildman–Crippen MR) is 302 cm³/mol. The van der Waals surface area contributed by atoms with Gasteiger partial charge < -0.3 is 14.2 Å². The van der Waals surface area contributed by atoms with Crippen molar-refractivity contribution in [1.29, 1.82) is 0 Å². The summed E-state index contributed by atoms with van der Waals surface area (Å²) in [5.74, 6) is -0.908. The SMILES string of the molecule is CCCCC/C=C\C/C=C\C/C=C\CCCCCCCCC(=O)OCC(COC(=O)CCCCCCC/C=C\C/C=C\CCCCC)OC(=O)CCCCCCCCC/C=C\CCCCCCCCC. The third-order valence-corrected chi connectivity index (χ3v) is 12.9. The van der Waals surface area contributed by atoms with Crippen molar-refractivity contribution < 1.29 is 28.6 Å². The molecule has 0 aliphatic rings. The maximum Gasteiger partial charge on any atom is 0.306 e. The zero-order valence-electron chi connectivity index (χ0n) is 46.3. The molecule has 0 rings (SSSR count). The number of carbonyl (C=O) groups is 3. The zero-order valence-corrected chi connectivity index (χ0v) is 46.3. The summed E-state index contributed by atoms with van der Waals surface area (Å²) in [6, 6.07) is 0. The summed E-state index contributed by atoms with van der Waals surface area (Å²) in [7, 11) is 0. The lowest BCUT2D eigenvalue weighted by molar-refractivity contribution is -0.167. The topological polar surface area (TPSA) is 78.9 Å². The number of allylic oxidation sites excluding steroid dienone is 12. The number of unbranched alkanes of at least 4 members (excludes halogenated alkanes) is 31. The minimum absolute atomic E-state index is 0.0880. The van der Waals surface area contributed by atoms with Gasteiger partial charge in [-0.3, -0.25) is 14.4 Å². The second-order valence-corrected chi connectivity index (χ2v) is 19.9. The molecular formula is C64H112O6. The lowest BCUT2D eigenvalue weighted by Crippen LogP contribution is -2.30. The molecule has 0 radical (unpaired) electrons. The second-order valence-electron chi connectivity index (χ2n) is 19.9. The molecule has 0 aromatic heterocycles. The number of esters is 3. The summed E-state index contributed by atoms with van der Waals surface area (Å²) < 4.78 is 16.9. The Labute approximate surface area is 433 Å². The summed E-state index contributed by atoms with van der Waals surface area (Å²) in [5.41, 5.74) is 0. The van der Waals surface area contributed by atoms with Gasteiger partial charge in [0.05, 0.1) is 0 Å². The van der Waals surface area contributed by atoms with Crippen LogP contribution in [-0.4, -0.2) is 37.2 Å². The predicted octanol–water partition coefficient (Wildman–Crippen LogP) is 20.2. The van der Waals surface area contributed by atoms with Crippen molar-refractivity contribution in [3.05, 3.63) is 72.9 Å². The fourth-order valence-electron chi connectivity index (χ4n) is 8.36. The number of ether oxygens (including phenoxy) is 3. The average molecular weight is 978 g/mol. The van der Waals surface area contributed by atoms with Gasteiger partial charge >= 0.3 is 17.9 Å². The van der Waals surface area contributed by atoms with Crippen LogP contribution in [0.3, 0.4) is 0 Å². The Bertz CT molecular complexity index is 1310. The van der Waals surface area contributed by atoms with Crippen LogP contribution in [0.2, 0.25) is 0 Å². The van der Waals surface area contributed by atoms with Crippen molar-refractivity contribution in [3.8, 4) is 0 Å². The van der Waals surface area contributed by atoms with Crippen LogP contribution in [0.4, 0.5) is 0 Å². The van der Waals surface area contributed by atoms with E-state index in [1.165, 1.54) is 161 Å². The van der Waals surface area contributed by atoms with E-state index in [1.54, 1.807) is 0 Å². The van der Waals surface area contributed by atoms with Crippen LogP contribution in [-0.2, 0) is 28.6 Å².